The number of hydrogen-bond acceptors (Lipinski definition) is 3. The molecule has 0 fully saturated rings. The van der Waals surface area contributed by atoms with Crippen LogP contribution >= 0.6 is 23.2 Å². The molecule has 0 radical (unpaired) electrons. The second-order valence-electron chi connectivity index (χ2n) is 4.76. The number of carbonyl (C=O) groups is 1. The first-order chi connectivity index (χ1) is 11.1. The molecule has 118 valence electrons. The van der Waals surface area contributed by atoms with Gasteiger partial charge in [-0.05, 0) is 48.4 Å². The zero-order chi connectivity index (χ0) is 16.7. The number of nitriles is 1. The highest BCUT2D eigenvalue weighted by molar-refractivity contribution is 6.35. The van der Waals surface area contributed by atoms with Gasteiger partial charge in [0.05, 0.1) is 11.6 Å². The molecule has 2 rings (SSSR count). The molecular weight excluding hydrogens is 335 g/mol. The highest BCUT2D eigenvalue weighted by atomic mass is 35.5. The second kappa shape index (κ2) is 8.42. The average Bonchev–Trinajstić information content (AvgIpc) is 2.55. The van der Waals surface area contributed by atoms with E-state index in [9.17, 15) is 4.79 Å². The molecule has 0 unspecified atom stereocenters. The lowest BCUT2D eigenvalue weighted by atomic mass is 10.1. The van der Waals surface area contributed by atoms with E-state index in [0.717, 1.165) is 5.56 Å². The maximum absolute atomic E-state index is 11.7. The van der Waals surface area contributed by atoms with Gasteiger partial charge in [-0.15, -0.1) is 0 Å². The SMILES string of the molecule is N#Cc1ccc(OCC(=O)NCCc2ccc(Cl)cc2Cl)cc1. The van der Waals surface area contributed by atoms with Crippen molar-refractivity contribution in [2.45, 2.75) is 6.42 Å². The molecule has 23 heavy (non-hydrogen) atoms. The van der Waals surface area contributed by atoms with Gasteiger partial charge < -0.3 is 10.1 Å². The smallest absolute Gasteiger partial charge is 0.257 e. The minimum absolute atomic E-state index is 0.0831. The van der Waals surface area contributed by atoms with Gasteiger partial charge in [-0.1, -0.05) is 29.3 Å². The summed E-state index contributed by atoms with van der Waals surface area (Å²) in [6.45, 7) is 0.372. The fourth-order valence-corrected chi connectivity index (χ4v) is 2.39. The summed E-state index contributed by atoms with van der Waals surface area (Å²) < 4.78 is 5.34. The van der Waals surface area contributed by atoms with Crippen LogP contribution in [0.25, 0.3) is 0 Å². The van der Waals surface area contributed by atoms with E-state index in [1.165, 1.54) is 0 Å². The first-order valence-corrected chi connectivity index (χ1v) is 7.67. The van der Waals surface area contributed by atoms with Gasteiger partial charge in [-0.3, -0.25) is 4.79 Å². The summed E-state index contributed by atoms with van der Waals surface area (Å²) in [4.78, 5) is 11.7. The molecule has 1 amide bonds. The largest absolute Gasteiger partial charge is 0.484 e. The van der Waals surface area contributed by atoms with Crippen LogP contribution in [-0.4, -0.2) is 19.1 Å². The molecule has 0 aliphatic carbocycles. The van der Waals surface area contributed by atoms with Crippen molar-refractivity contribution in [1.82, 2.24) is 5.32 Å². The van der Waals surface area contributed by atoms with Crippen LogP contribution in [0.1, 0.15) is 11.1 Å². The Morgan fingerprint density at radius 1 is 1.17 bits per heavy atom. The number of carbonyl (C=O) groups excluding carboxylic acids is 1. The number of amides is 1. The number of nitrogens with one attached hydrogen (secondary N) is 1. The van der Waals surface area contributed by atoms with Gasteiger partial charge in [0.25, 0.3) is 5.91 Å². The molecule has 0 spiro atoms. The minimum atomic E-state index is -0.223. The fourth-order valence-electron chi connectivity index (χ4n) is 1.89. The van der Waals surface area contributed by atoms with Crippen LogP contribution in [0.4, 0.5) is 0 Å². The number of hydrogen-bond donors (Lipinski definition) is 1. The summed E-state index contributed by atoms with van der Waals surface area (Å²) in [5.74, 6) is 0.319. The van der Waals surface area contributed by atoms with Gasteiger partial charge in [-0.2, -0.15) is 5.26 Å². The van der Waals surface area contributed by atoms with Crippen LogP contribution in [-0.2, 0) is 11.2 Å². The van der Waals surface area contributed by atoms with Crippen molar-refractivity contribution < 1.29 is 9.53 Å². The molecular formula is C17H14Cl2N2O2. The maximum Gasteiger partial charge on any atom is 0.257 e. The Bertz CT molecular complexity index is 724. The number of nitrogens with zero attached hydrogens (tertiary/aromatic N) is 1. The average molecular weight is 349 g/mol. The van der Waals surface area contributed by atoms with Gasteiger partial charge in [0.15, 0.2) is 6.61 Å². The standard InChI is InChI=1S/C17H14Cl2N2O2/c18-14-4-3-13(16(19)9-14)7-8-21-17(22)11-23-15-5-1-12(10-20)2-6-15/h1-6,9H,7-8,11H2,(H,21,22). The molecule has 0 aromatic heterocycles. The van der Waals surface area contributed by atoms with E-state index in [-0.39, 0.29) is 12.5 Å². The highest BCUT2D eigenvalue weighted by Gasteiger charge is 2.05. The number of benzene rings is 2. The molecule has 2 aromatic carbocycles. The Labute approximate surface area is 144 Å². The van der Waals surface area contributed by atoms with Crippen LogP contribution in [0.15, 0.2) is 42.5 Å². The molecule has 0 aliphatic heterocycles. The lowest BCUT2D eigenvalue weighted by Crippen LogP contribution is -2.30. The van der Waals surface area contributed by atoms with Crippen molar-refractivity contribution in [2.75, 3.05) is 13.2 Å². The molecule has 0 saturated carbocycles. The van der Waals surface area contributed by atoms with Crippen molar-refractivity contribution in [3.63, 3.8) is 0 Å². The summed E-state index contributed by atoms with van der Waals surface area (Å²) in [5, 5.41) is 12.6. The molecule has 6 heteroatoms. The maximum atomic E-state index is 11.7. The molecule has 0 aliphatic rings. The first-order valence-electron chi connectivity index (χ1n) is 6.92. The van der Waals surface area contributed by atoms with Gasteiger partial charge in [0.1, 0.15) is 5.75 Å². The van der Waals surface area contributed by atoms with E-state index >= 15 is 0 Å². The Morgan fingerprint density at radius 3 is 2.57 bits per heavy atom. The zero-order valence-electron chi connectivity index (χ0n) is 12.2. The number of rotatable bonds is 6. The van der Waals surface area contributed by atoms with E-state index < -0.39 is 0 Å². The van der Waals surface area contributed by atoms with Crippen LogP contribution in [0.2, 0.25) is 10.0 Å². The summed E-state index contributed by atoms with van der Waals surface area (Å²) in [6, 6.07) is 13.9. The quantitative estimate of drug-likeness (QED) is 0.867. The van der Waals surface area contributed by atoms with E-state index in [1.54, 1.807) is 36.4 Å². The summed E-state index contributed by atoms with van der Waals surface area (Å²) >= 11 is 11.9. The van der Waals surface area contributed by atoms with E-state index in [0.29, 0.717) is 34.3 Å². The summed E-state index contributed by atoms with van der Waals surface area (Å²) in [7, 11) is 0. The molecule has 2 aromatic rings. The Kier molecular flexibility index (Phi) is 6.28. The highest BCUT2D eigenvalue weighted by Crippen LogP contribution is 2.21. The van der Waals surface area contributed by atoms with Gasteiger partial charge in [-0.25, -0.2) is 0 Å². The second-order valence-corrected chi connectivity index (χ2v) is 5.60. The van der Waals surface area contributed by atoms with Gasteiger partial charge in [0, 0.05) is 16.6 Å². The third-order valence-corrected chi connectivity index (χ3v) is 3.67. The lowest BCUT2D eigenvalue weighted by molar-refractivity contribution is -0.123. The minimum Gasteiger partial charge on any atom is -0.484 e. The number of halogens is 2. The first kappa shape index (κ1) is 17.1. The topological polar surface area (TPSA) is 62.1 Å². The molecule has 1 N–H and O–H groups in total. The monoisotopic (exact) mass is 348 g/mol. The predicted molar refractivity (Wildman–Crippen MR) is 89.8 cm³/mol. The van der Waals surface area contributed by atoms with Crippen molar-refractivity contribution >= 4 is 29.1 Å². The Hall–Kier alpha value is -2.22. The van der Waals surface area contributed by atoms with E-state index in [2.05, 4.69) is 5.32 Å². The molecule has 0 heterocycles. The lowest BCUT2D eigenvalue weighted by Gasteiger charge is -2.08. The van der Waals surface area contributed by atoms with E-state index in [1.807, 2.05) is 12.1 Å². The normalized spacial score (nSPS) is 9.96. The predicted octanol–water partition coefficient (Wildman–Crippen LogP) is 3.60. The van der Waals surface area contributed by atoms with Crippen LogP contribution < -0.4 is 10.1 Å². The zero-order valence-corrected chi connectivity index (χ0v) is 13.7. The van der Waals surface area contributed by atoms with Crippen LogP contribution in [0.3, 0.4) is 0 Å². The summed E-state index contributed by atoms with van der Waals surface area (Å²) in [5.41, 5.74) is 1.46. The Balaban J connectivity index is 1.73. The van der Waals surface area contributed by atoms with E-state index in [4.69, 9.17) is 33.2 Å². The van der Waals surface area contributed by atoms with Gasteiger partial charge >= 0.3 is 0 Å². The fraction of sp³-hybridized carbons (Fsp3) is 0.176. The van der Waals surface area contributed by atoms with Crippen LogP contribution in [0.5, 0.6) is 5.75 Å². The summed E-state index contributed by atoms with van der Waals surface area (Å²) in [6.07, 6.45) is 0.610. The van der Waals surface area contributed by atoms with Gasteiger partial charge in [0.2, 0.25) is 0 Å². The number of ether oxygens (including phenoxy) is 1. The van der Waals surface area contributed by atoms with Crippen molar-refractivity contribution in [3.8, 4) is 11.8 Å². The molecule has 0 saturated heterocycles. The third kappa shape index (κ3) is 5.48. The third-order valence-electron chi connectivity index (χ3n) is 3.08. The Morgan fingerprint density at radius 2 is 1.91 bits per heavy atom. The van der Waals surface area contributed by atoms with Crippen LogP contribution in [0, 0.1) is 11.3 Å². The molecule has 0 atom stereocenters. The van der Waals surface area contributed by atoms with Crippen molar-refractivity contribution in [2.24, 2.45) is 0 Å². The van der Waals surface area contributed by atoms with Crippen molar-refractivity contribution in [1.29, 1.82) is 5.26 Å². The molecule has 0 bridgehead atoms. The molecule has 4 nitrogen and oxygen atoms in total. The van der Waals surface area contributed by atoms with Crippen molar-refractivity contribution in [3.05, 3.63) is 63.6 Å².